The van der Waals surface area contributed by atoms with Crippen molar-refractivity contribution in [3.05, 3.63) is 0 Å². The first-order valence-corrected chi connectivity index (χ1v) is 6.83. The van der Waals surface area contributed by atoms with Crippen LogP contribution in [0.3, 0.4) is 0 Å². The zero-order valence-electron chi connectivity index (χ0n) is 6.24. The van der Waals surface area contributed by atoms with Crippen molar-refractivity contribution in [2.45, 2.75) is 4.83 Å². The minimum Gasteiger partial charge on any atom is -0.379 e. The number of ether oxygens (including phenoxy) is 1. The Balaban J connectivity index is 3.34. The van der Waals surface area contributed by atoms with Crippen molar-refractivity contribution in [1.82, 2.24) is 0 Å². The standard InChI is InChI=1S/C5H10Br2O4S/c6-3-5(7)4-11-1-2-12(8,9)10/h5H,1-4H2,(H,8,9,10). The van der Waals surface area contributed by atoms with Gasteiger partial charge in [-0.3, -0.25) is 4.55 Å². The smallest absolute Gasteiger partial charge is 0.267 e. The highest BCUT2D eigenvalue weighted by molar-refractivity contribution is 9.12. The molecular formula is C5H10Br2O4S. The monoisotopic (exact) mass is 324 g/mol. The van der Waals surface area contributed by atoms with Crippen LogP contribution in [0.1, 0.15) is 0 Å². The lowest BCUT2D eigenvalue weighted by molar-refractivity contribution is 0.153. The van der Waals surface area contributed by atoms with Crippen LogP contribution in [-0.2, 0) is 14.9 Å². The van der Waals surface area contributed by atoms with Crippen molar-refractivity contribution < 1.29 is 17.7 Å². The Bertz CT molecular complexity index is 203. The van der Waals surface area contributed by atoms with Crippen LogP contribution >= 0.6 is 31.9 Å². The van der Waals surface area contributed by atoms with E-state index in [1.807, 2.05) is 0 Å². The summed E-state index contributed by atoms with van der Waals surface area (Å²) < 4.78 is 33.7. The minimum atomic E-state index is -3.88. The summed E-state index contributed by atoms with van der Waals surface area (Å²) in [5, 5.41) is 0.735. The lowest BCUT2D eigenvalue weighted by atomic mass is 10.5. The van der Waals surface area contributed by atoms with E-state index < -0.39 is 10.1 Å². The summed E-state index contributed by atoms with van der Waals surface area (Å²) in [5.41, 5.74) is 0. The summed E-state index contributed by atoms with van der Waals surface area (Å²) in [6, 6.07) is 0. The van der Waals surface area contributed by atoms with E-state index in [0.717, 1.165) is 5.33 Å². The van der Waals surface area contributed by atoms with E-state index in [-0.39, 0.29) is 17.2 Å². The molecule has 0 aromatic heterocycles. The van der Waals surface area contributed by atoms with Crippen molar-refractivity contribution in [3.8, 4) is 0 Å². The molecule has 1 atom stereocenters. The Morgan fingerprint density at radius 3 is 2.50 bits per heavy atom. The molecule has 0 radical (unpaired) electrons. The molecule has 0 aromatic rings. The fourth-order valence-corrected chi connectivity index (χ4v) is 1.12. The maximum absolute atomic E-state index is 10.2. The molecule has 1 N–H and O–H groups in total. The Morgan fingerprint density at radius 2 is 2.08 bits per heavy atom. The van der Waals surface area contributed by atoms with Crippen LogP contribution in [0.4, 0.5) is 0 Å². The quantitative estimate of drug-likeness (QED) is 0.450. The lowest BCUT2D eigenvalue weighted by Crippen LogP contribution is -2.15. The highest BCUT2D eigenvalue weighted by atomic mass is 79.9. The Labute approximate surface area is 88.7 Å². The van der Waals surface area contributed by atoms with Gasteiger partial charge in [0.2, 0.25) is 0 Å². The molecule has 4 nitrogen and oxygen atoms in total. The largest absolute Gasteiger partial charge is 0.379 e. The first-order valence-electron chi connectivity index (χ1n) is 3.18. The van der Waals surface area contributed by atoms with Gasteiger partial charge in [-0.2, -0.15) is 8.42 Å². The second-order valence-electron chi connectivity index (χ2n) is 2.11. The van der Waals surface area contributed by atoms with Crippen LogP contribution in [0, 0.1) is 0 Å². The summed E-state index contributed by atoms with van der Waals surface area (Å²) in [6.07, 6.45) is 0. The SMILES string of the molecule is O=S(=O)(O)CCOCC(Br)CBr. The average molecular weight is 326 g/mol. The van der Waals surface area contributed by atoms with Crippen LogP contribution < -0.4 is 0 Å². The molecule has 0 bridgehead atoms. The van der Waals surface area contributed by atoms with Crippen molar-refractivity contribution in [2.75, 3.05) is 24.3 Å². The Hall–Kier alpha value is 0.830. The molecule has 1 unspecified atom stereocenters. The van der Waals surface area contributed by atoms with Gasteiger partial charge < -0.3 is 4.74 Å². The number of alkyl halides is 2. The Morgan fingerprint density at radius 1 is 1.50 bits per heavy atom. The fourth-order valence-electron chi connectivity index (χ4n) is 0.420. The summed E-state index contributed by atoms with van der Waals surface area (Å²) in [7, 11) is -3.88. The molecule has 0 saturated carbocycles. The van der Waals surface area contributed by atoms with E-state index in [9.17, 15) is 8.42 Å². The third-order valence-electron chi connectivity index (χ3n) is 0.952. The number of rotatable bonds is 6. The van der Waals surface area contributed by atoms with E-state index >= 15 is 0 Å². The molecular weight excluding hydrogens is 316 g/mol. The molecule has 0 saturated heterocycles. The van der Waals surface area contributed by atoms with Gasteiger partial charge in [0, 0.05) is 10.2 Å². The molecule has 74 valence electrons. The maximum atomic E-state index is 10.2. The van der Waals surface area contributed by atoms with E-state index in [1.165, 1.54) is 0 Å². The van der Waals surface area contributed by atoms with E-state index in [2.05, 4.69) is 31.9 Å². The van der Waals surface area contributed by atoms with Crippen molar-refractivity contribution in [3.63, 3.8) is 0 Å². The predicted octanol–water partition coefficient (Wildman–Crippen LogP) is 1.05. The summed E-state index contributed by atoms with van der Waals surface area (Å²) in [4.78, 5) is 0.166. The molecule has 0 fully saturated rings. The Kier molecular flexibility index (Phi) is 6.75. The highest BCUT2D eigenvalue weighted by Crippen LogP contribution is 2.03. The number of hydrogen-bond acceptors (Lipinski definition) is 3. The molecule has 0 aromatic carbocycles. The first kappa shape index (κ1) is 12.8. The average Bonchev–Trinajstić information content (AvgIpc) is 1.96. The zero-order valence-corrected chi connectivity index (χ0v) is 10.2. The molecule has 0 aliphatic carbocycles. The molecule has 7 heteroatoms. The molecule has 0 amide bonds. The van der Waals surface area contributed by atoms with Crippen molar-refractivity contribution in [1.29, 1.82) is 0 Å². The molecule has 0 heterocycles. The van der Waals surface area contributed by atoms with Crippen molar-refractivity contribution >= 4 is 42.0 Å². The maximum Gasteiger partial charge on any atom is 0.267 e. The van der Waals surface area contributed by atoms with Gasteiger partial charge in [0.1, 0.15) is 0 Å². The minimum absolute atomic E-state index is 0.0218. The van der Waals surface area contributed by atoms with Crippen molar-refractivity contribution in [2.24, 2.45) is 0 Å². The van der Waals surface area contributed by atoms with Gasteiger partial charge in [0.25, 0.3) is 10.1 Å². The van der Waals surface area contributed by atoms with Crippen LogP contribution in [0.2, 0.25) is 0 Å². The first-order chi connectivity index (χ1) is 5.45. The van der Waals surface area contributed by atoms with Crippen LogP contribution in [0.5, 0.6) is 0 Å². The number of hydrogen-bond donors (Lipinski definition) is 1. The van der Waals surface area contributed by atoms with Gasteiger partial charge in [0.05, 0.1) is 19.0 Å². The second-order valence-corrected chi connectivity index (χ2v) is 5.63. The van der Waals surface area contributed by atoms with Gasteiger partial charge >= 0.3 is 0 Å². The van der Waals surface area contributed by atoms with Gasteiger partial charge in [-0.1, -0.05) is 31.9 Å². The van der Waals surface area contributed by atoms with E-state index in [0.29, 0.717) is 6.61 Å². The van der Waals surface area contributed by atoms with Crippen LogP contribution in [-0.4, -0.2) is 42.1 Å². The zero-order chi connectivity index (χ0) is 9.61. The lowest BCUT2D eigenvalue weighted by Gasteiger charge is -2.05. The molecule has 0 rings (SSSR count). The summed E-state index contributed by atoms with van der Waals surface area (Å²) in [5.74, 6) is -0.352. The third-order valence-corrected chi connectivity index (χ3v) is 3.87. The summed E-state index contributed by atoms with van der Waals surface area (Å²) in [6.45, 7) is 0.439. The van der Waals surface area contributed by atoms with Gasteiger partial charge in [-0.15, -0.1) is 0 Å². The van der Waals surface area contributed by atoms with E-state index in [4.69, 9.17) is 9.29 Å². The number of halogens is 2. The molecule has 12 heavy (non-hydrogen) atoms. The molecule has 0 aliphatic rings. The predicted molar refractivity (Wildman–Crippen MR) is 53.7 cm³/mol. The van der Waals surface area contributed by atoms with Crippen LogP contribution in [0.15, 0.2) is 0 Å². The van der Waals surface area contributed by atoms with Gasteiger partial charge in [-0.05, 0) is 0 Å². The van der Waals surface area contributed by atoms with E-state index in [1.54, 1.807) is 0 Å². The highest BCUT2D eigenvalue weighted by Gasteiger charge is 2.05. The fraction of sp³-hybridized carbons (Fsp3) is 1.00. The topological polar surface area (TPSA) is 63.6 Å². The van der Waals surface area contributed by atoms with Gasteiger partial charge in [-0.25, -0.2) is 0 Å². The second kappa shape index (κ2) is 6.31. The normalized spacial score (nSPS) is 14.6. The molecule has 0 spiro atoms. The van der Waals surface area contributed by atoms with Crippen LogP contribution in [0.25, 0.3) is 0 Å². The molecule has 0 aliphatic heterocycles. The van der Waals surface area contributed by atoms with Gasteiger partial charge in [0.15, 0.2) is 0 Å². The summed E-state index contributed by atoms with van der Waals surface area (Å²) >= 11 is 6.49. The third kappa shape index (κ3) is 8.92.